The zero-order valence-electron chi connectivity index (χ0n) is 14.7. The summed E-state index contributed by atoms with van der Waals surface area (Å²) in [5.41, 5.74) is 2.37. The van der Waals surface area contributed by atoms with Crippen molar-refractivity contribution in [3.05, 3.63) is 29.3 Å². The molecule has 0 aliphatic rings. The van der Waals surface area contributed by atoms with E-state index in [0.717, 1.165) is 11.3 Å². The number of esters is 1. The summed E-state index contributed by atoms with van der Waals surface area (Å²) < 4.78 is 10.3. The van der Waals surface area contributed by atoms with E-state index in [1.54, 1.807) is 11.8 Å². The number of rotatable bonds is 8. The van der Waals surface area contributed by atoms with Gasteiger partial charge in [-0.25, -0.2) is 0 Å². The number of methoxy groups -OCH3 is 1. The zero-order valence-corrected chi connectivity index (χ0v) is 14.7. The first-order valence-electron chi connectivity index (χ1n) is 7.94. The molecule has 128 valence electrons. The maximum atomic E-state index is 12.2. The molecule has 1 aromatic carbocycles. The monoisotopic (exact) mass is 321 g/mol. The Hall–Kier alpha value is -2.04. The van der Waals surface area contributed by atoms with Gasteiger partial charge in [-0.2, -0.15) is 0 Å². The van der Waals surface area contributed by atoms with Crippen LogP contribution in [0.1, 0.15) is 31.4 Å². The minimum atomic E-state index is -0.329. The number of benzene rings is 1. The van der Waals surface area contributed by atoms with Gasteiger partial charge in [0.05, 0.1) is 26.1 Å². The molecule has 0 saturated heterocycles. The molecule has 1 aromatic rings. The van der Waals surface area contributed by atoms with Crippen molar-refractivity contribution in [1.29, 1.82) is 0 Å². The predicted octanol–water partition coefficient (Wildman–Crippen LogP) is 2.73. The summed E-state index contributed by atoms with van der Waals surface area (Å²) in [6.07, 6.45) is 0.286. The van der Waals surface area contributed by atoms with Gasteiger partial charge in [0, 0.05) is 13.1 Å². The van der Waals surface area contributed by atoms with E-state index in [1.807, 2.05) is 39.0 Å². The summed E-state index contributed by atoms with van der Waals surface area (Å²) in [7, 11) is 1.36. The molecule has 1 unspecified atom stereocenters. The van der Waals surface area contributed by atoms with Crippen LogP contribution < -0.4 is 4.74 Å². The predicted molar refractivity (Wildman–Crippen MR) is 89.5 cm³/mol. The van der Waals surface area contributed by atoms with Gasteiger partial charge in [0.15, 0.2) is 0 Å². The second-order valence-electron chi connectivity index (χ2n) is 5.70. The van der Waals surface area contributed by atoms with Gasteiger partial charge in [-0.05, 0) is 44.0 Å². The second kappa shape index (κ2) is 9.18. The fourth-order valence-electron chi connectivity index (χ4n) is 2.23. The number of hydrogen-bond donors (Lipinski definition) is 0. The molecule has 0 saturated carbocycles. The topological polar surface area (TPSA) is 55.8 Å². The molecule has 0 spiro atoms. The van der Waals surface area contributed by atoms with Gasteiger partial charge in [-0.15, -0.1) is 0 Å². The molecular formula is C18H27NO4. The first-order chi connectivity index (χ1) is 10.9. The van der Waals surface area contributed by atoms with Crippen molar-refractivity contribution >= 4 is 11.9 Å². The molecule has 0 N–H and O–H groups in total. The van der Waals surface area contributed by atoms with Crippen molar-refractivity contribution < 1.29 is 19.1 Å². The third-order valence-corrected chi connectivity index (χ3v) is 3.90. The molecule has 0 radical (unpaired) electrons. The molecule has 0 fully saturated rings. The van der Waals surface area contributed by atoms with Crippen LogP contribution in [0.5, 0.6) is 5.75 Å². The second-order valence-corrected chi connectivity index (χ2v) is 5.70. The third-order valence-electron chi connectivity index (χ3n) is 3.90. The van der Waals surface area contributed by atoms with Gasteiger partial charge in [0.2, 0.25) is 5.91 Å². The Morgan fingerprint density at radius 3 is 2.48 bits per heavy atom. The molecule has 5 heteroatoms. The number of nitrogens with zero attached hydrogens (tertiary/aromatic N) is 1. The maximum absolute atomic E-state index is 12.2. The van der Waals surface area contributed by atoms with E-state index < -0.39 is 0 Å². The minimum absolute atomic E-state index is 0.0212. The molecule has 1 atom stereocenters. The molecular weight excluding hydrogens is 294 g/mol. The summed E-state index contributed by atoms with van der Waals surface area (Å²) in [5, 5.41) is 0. The lowest BCUT2D eigenvalue weighted by molar-refractivity contribution is -0.146. The zero-order chi connectivity index (χ0) is 17.4. The van der Waals surface area contributed by atoms with Gasteiger partial charge < -0.3 is 14.4 Å². The highest BCUT2D eigenvalue weighted by atomic mass is 16.5. The lowest BCUT2D eigenvalue weighted by atomic mass is 10.1. The van der Waals surface area contributed by atoms with E-state index in [2.05, 4.69) is 0 Å². The third kappa shape index (κ3) is 5.93. The van der Waals surface area contributed by atoms with Crippen LogP contribution in [0.25, 0.3) is 0 Å². The molecule has 0 aliphatic carbocycles. The van der Waals surface area contributed by atoms with Gasteiger partial charge in [-0.1, -0.05) is 13.0 Å². The summed E-state index contributed by atoms with van der Waals surface area (Å²) in [5.74, 6) is 0.117. The Balaban J connectivity index is 2.47. The van der Waals surface area contributed by atoms with E-state index in [1.165, 1.54) is 12.7 Å². The van der Waals surface area contributed by atoms with Crippen LogP contribution in [-0.4, -0.2) is 43.6 Å². The van der Waals surface area contributed by atoms with Crippen LogP contribution in [0.3, 0.4) is 0 Å². The first-order valence-corrected chi connectivity index (χ1v) is 7.94. The lowest BCUT2D eigenvalue weighted by Crippen LogP contribution is -2.37. The molecule has 1 rings (SSSR count). The van der Waals surface area contributed by atoms with Crippen LogP contribution in [0.15, 0.2) is 18.2 Å². The summed E-state index contributed by atoms with van der Waals surface area (Å²) in [4.78, 5) is 25.3. The molecule has 5 nitrogen and oxygen atoms in total. The molecule has 1 amide bonds. The minimum Gasteiger partial charge on any atom is -0.493 e. The Morgan fingerprint density at radius 2 is 1.91 bits per heavy atom. The van der Waals surface area contributed by atoms with Gasteiger partial charge >= 0.3 is 5.97 Å². The van der Waals surface area contributed by atoms with Gasteiger partial charge in [0.25, 0.3) is 0 Å². The van der Waals surface area contributed by atoms with Crippen LogP contribution >= 0.6 is 0 Å². The molecule has 0 aliphatic heterocycles. The highest BCUT2D eigenvalue weighted by Crippen LogP contribution is 2.16. The van der Waals surface area contributed by atoms with Crippen molar-refractivity contribution in [2.75, 3.05) is 26.8 Å². The van der Waals surface area contributed by atoms with Crippen LogP contribution in [0.4, 0.5) is 0 Å². The van der Waals surface area contributed by atoms with E-state index in [0.29, 0.717) is 19.7 Å². The Kier molecular flexibility index (Phi) is 7.59. The number of amides is 1. The average Bonchev–Trinajstić information content (AvgIpc) is 2.54. The Labute approximate surface area is 138 Å². The molecule has 23 heavy (non-hydrogen) atoms. The SMILES string of the molecule is CCN(CC(C)C(=O)OC)C(=O)CCOc1ccc(C)c(C)c1. The number of ether oxygens (including phenoxy) is 2. The van der Waals surface area contributed by atoms with E-state index in [9.17, 15) is 9.59 Å². The first kappa shape index (κ1) is 19.0. The van der Waals surface area contributed by atoms with Crippen LogP contribution in [-0.2, 0) is 14.3 Å². The summed E-state index contributed by atoms with van der Waals surface area (Å²) >= 11 is 0. The number of carbonyl (C=O) groups is 2. The largest absolute Gasteiger partial charge is 0.493 e. The summed E-state index contributed by atoms with van der Waals surface area (Å²) in [6, 6.07) is 5.88. The Morgan fingerprint density at radius 1 is 1.22 bits per heavy atom. The highest BCUT2D eigenvalue weighted by Gasteiger charge is 2.20. The van der Waals surface area contributed by atoms with E-state index in [-0.39, 0.29) is 24.2 Å². The molecule has 0 bridgehead atoms. The number of hydrogen-bond acceptors (Lipinski definition) is 4. The van der Waals surface area contributed by atoms with Gasteiger partial charge in [0.1, 0.15) is 5.75 Å². The molecule has 0 aromatic heterocycles. The van der Waals surface area contributed by atoms with Crippen LogP contribution in [0.2, 0.25) is 0 Å². The maximum Gasteiger partial charge on any atom is 0.310 e. The van der Waals surface area contributed by atoms with Crippen LogP contribution in [0, 0.1) is 19.8 Å². The van der Waals surface area contributed by atoms with Crippen molar-refractivity contribution in [1.82, 2.24) is 4.90 Å². The number of carbonyl (C=O) groups excluding carboxylic acids is 2. The van der Waals surface area contributed by atoms with Gasteiger partial charge in [-0.3, -0.25) is 9.59 Å². The number of aryl methyl sites for hydroxylation is 2. The van der Waals surface area contributed by atoms with Crippen molar-refractivity contribution in [3.63, 3.8) is 0 Å². The fraction of sp³-hybridized carbons (Fsp3) is 0.556. The molecule has 0 heterocycles. The lowest BCUT2D eigenvalue weighted by Gasteiger charge is -2.23. The van der Waals surface area contributed by atoms with Crippen molar-refractivity contribution in [2.24, 2.45) is 5.92 Å². The average molecular weight is 321 g/mol. The van der Waals surface area contributed by atoms with E-state index >= 15 is 0 Å². The van der Waals surface area contributed by atoms with Crippen molar-refractivity contribution in [2.45, 2.75) is 34.1 Å². The smallest absolute Gasteiger partial charge is 0.310 e. The quantitative estimate of drug-likeness (QED) is 0.691. The normalized spacial score (nSPS) is 11.7. The highest BCUT2D eigenvalue weighted by molar-refractivity contribution is 5.78. The summed E-state index contributed by atoms with van der Waals surface area (Å²) in [6.45, 7) is 8.98. The fourth-order valence-corrected chi connectivity index (χ4v) is 2.23. The van der Waals surface area contributed by atoms with E-state index in [4.69, 9.17) is 9.47 Å². The van der Waals surface area contributed by atoms with Crippen molar-refractivity contribution in [3.8, 4) is 5.75 Å². The standard InChI is InChI=1S/C18H27NO4/c1-6-19(12-15(4)18(21)22-5)17(20)9-10-23-16-8-7-13(2)14(3)11-16/h7-8,11,15H,6,9-10,12H2,1-5H3. The Bertz CT molecular complexity index is 542.